The van der Waals surface area contributed by atoms with Gasteiger partial charge in [-0.3, -0.25) is 4.79 Å². The molecule has 4 rings (SSSR count). The molecule has 0 aromatic heterocycles. The zero-order chi connectivity index (χ0) is 36.9. The van der Waals surface area contributed by atoms with Crippen molar-refractivity contribution in [2.24, 2.45) is 5.41 Å². The van der Waals surface area contributed by atoms with Crippen molar-refractivity contribution in [1.82, 2.24) is 4.90 Å². The average Bonchev–Trinajstić information content (AvgIpc) is 3.06. The summed E-state index contributed by atoms with van der Waals surface area (Å²) in [7, 11) is 0.0744. The van der Waals surface area contributed by atoms with E-state index in [2.05, 4.69) is 58.5 Å². The van der Waals surface area contributed by atoms with E-state index in [9.17, 15) is 14.4 Å². The minimum atomic E-state index is -3.10. The molecule has 1 atom stereocenters. The molecule has 0 spiro atoms. The number of allylic oxidation sites excluding steroid dienone is 1. The van der Waals surface area contributed by atoms with Gasteiger partial charge >= 0.3 is 6.09 Å². The van der Waals surface area contributed by atoms with E-state index in [1.807, 2.05) is 69.3 Å². The molecule has 50 heavy (non-hydrogen) atoms. The van der Waals surface area contributed by atoms with Gasteiger partial charge in [0, 0.05) is 13.0 Å². The average molecular weight is 700 g/mol. The highest BCUT2D eigenvalue weighted by molar-refractivity contribution is 6.98. The van der Waals surface area contributed by atoms with Crippen LogP contribution in [0, 0.1) is 5.41 Å². The van der Waals surface area contributed by atoms with Crippen LogP contribution in [0.15, 0.2) is 84.9 Å². The van der Waals surface area contributed by atoms with Gasteiger partial charge in [0.15, 0.2) is 17.3 Å². The number of methoxy groups -OCH3 is 2. The summed E-state index contributed by atoms with van der Waals surface area (Å²) in [5.41, 5.74) is 1.55. The number of carbonyl (C=O) groups is 2. The van der Waals surface area contributed by atoms with Crippen molar-refractivity contribution >= 4 is 30.6 Å². The molecule has 3 aromatic carbocycles. The SMILES string of the molecule is C=C(CC(C)(C)CCCC(C)(C)[Si](O)(c1ccccc1)c1ccccc1)C(=O)C[C@@H]1c2cc(OC)c(OC)cc2CCN1C(=O)OC(C)(C)C. The number of rotatable bonds is 14. The Labute approximate surface area is 300 Å². The predicted molar refractivity (Wildman–Crippen MR) is 204 cm³/mol. The molecule has 0 aliphatic carbocycles. The molecule has 0 saturated carbocycles. The Bertz CT molecular complexity index is 1600. The van der Waals surface area contributed by atoms with Crippen LogP contribution in [0.3, 0.4) is 0 Å². The highest BCUT2D eigenvalue weighted by Crippen LogP contribution is 2.44. The van der Waals surface area contributed by atoms with Crippen molar-refractivity contribution in [3.8, 4) is 11.5 Å². The number of carbonyl (C=O) groups excluding carboxylic acids is 2. The van der Waals surface area contributed by atoms with Gasteiger partial charge in [-0.15, -0.1) is 0 Å². The zero-order valence-electron chi connectivity index (χ0n) is 31.6. The van der Waals surface area contributed by atoms with Crippen LogP contribution in [0.2, 0.25) is 5.04 Å². The maximum atomic E-state index is 13.9. The first kappa shape index (κ1) is 38.9. The van der Waals surface area contributed by atoms with Crippen molar-refractivity contribution < 1.29 is 28.6 Å². The summed E-state index contributed by atoms with van der Waals surface area (Å²) in [5.74, 6) is 1.09. The maximum Gasteiger partial charge on any atom is 0.410 e. The highest BCUT2D eigenvalue weighted by atomic mass is 28.4. The van der Waals surface area contributed by atoms with E-state index in [0.717, 1.165) is 40.8 Å². The molecule has 0 radical (unpaired) electrons. The second kappa shape index (κ2) is 15.6. The number of benzene rings is 3. The first-order chi connectivity index (χ1) is 23.4. The number of hydrogen-bond donors (Lipinski definition) is 1. The van der Waals surface area contributed by atoms with Crippen molar-refractivity contribution in [3.05, 3.63) is 96.1 Å². The molecule has 270 valence electrons. The fraction of sp³-hybridized carbons (Fsp3) is 0.476. The van der Waals surface area contributed by atoms with Crippen LogP contribution in [0.1, 0.15) is 97.7 Å². The van der Waals surface area contributed by atoms with Gasteiger partial charge in [0.2, 0.25) is 0 Å². The molecule has 1 amide bonds. The Balaban J connectivity index is 1.49. The molecule has 0 unspecified atom stereocenters. The second-order valence-corrected chi connectivity index (χ2v) is 20.0. The van der Waals surface area contributed by atoms with Gasteiger partial charge in [0.25, 0.3) is 8.32 Å². The fourth-order valence-electron chi connectivity index (χ4n) is 7.37. The van der Waals surface area contributed by atoms with E-state index in [4.69, 9.17) is 14.2 Å². The Morgan fingerprint density at radius 1 is 0.860 bits per heavy atom. The monoisotopic (exact) mass is 699 g/mol. The van der Waals surface area contributed by atoms with Crippen molar-refractivity contribution in [1.29, 1.82) is 0 Å². The molecule has 1 aliphatic heterocycles. The molecule has 1 N–H and O–H groups in total. The zero-order valence-corrected chi connectivity index (χ0v) is 32.6. The lowest BCUT2D eigenvalue weighted by molar-refractivity contribution is -0.117. The molecule has 8 heteroatoms. The number of hydrogen-bond acceptors (Lipinski definition) is 6. The first-order valence-corrected chi connectivity index (χ1v) is 19.7. The normalized spacial score (nSPS) is 15.2. The third-order valence-corrected chi connectivity index (χ3v) is 14.7. The number of nitrogens with zero attached hydrogens (tertiary/aromatic N) is 1. The van der Waals surface area contributed by atoms with E-state index in [1.165, 1.54) is 0 Å². The summed E-state index contributed by atoms with van der Waals surface area (Å²) in [6.45, 7) is 18.9. The summed E-state index contributed by atoms with van der Waals surface area (Å²) >= 11 is 0. The van der Waals surface area contributed by atoms with Crippen LogP contribution in [-0.4, -0.2) is 56.3 Å². The molecular weight excluding hydrogens is 643 g/mol. The van der Waals surface area contributed by atoms with Crippen LogP contribution in [0.5, 0.6) is 11.5 Å². The number of fused-ring (bicyclic) bond motifs is 1. The molecule has 0 bridgehead atoms. The molecule has 1 aliphatic rings. The van der Waals surface area contributed by atoms with Gasteiger partial charge in [0.1, 0.15) is 5.60 Å². The summed E-state index contributed by atoms with van der Waals surface area (Å²) in [6, 6.07) is 23.5. The van der Waals surface area contributed by atoms with E-state index in [-0.39, 0.29) is 22.7 Å². The van der Waals surface area contributed by atoms with Crippen LogP contribution >= 0.6 is 0 Å². The molecule has 1 heterocycles. The maximum absolute atomic E-state index is 13.9. The minimum absolute atomic E-state index is 0.0745. The predicted octanol–water partition coefficient (Wildman–Crippen LogP) is 8.17. The molecule has 0 saturated heterocycles. The number of ether oxygens (including phenoxy) is 3. The number of ketones is 1. The van der Waals surface area contributed by atoms with E-state index in [0.29, 0.717) is 36.5 Å². The van der Waals surface area contributed by atoms with Crippen LogP contribution in [-0.2, 0) is 16.0 Å². The largest absolute Gasteiger partial charge is 0.493 e. The Kier molecular flexibility index (Phi) is 12.1. The topological polar surface area (TPSA) is 85.3 Å². The van der Waals surface area contributed by atoms with Crippen molar-refractivity contribution in [3.63, 3.8) is 0 Å². The number of Topliss-reactive ketones (excluding diaryl/α,β-unsaturated/α-hetero) is 1. The van der Waals surface area contributed by atoms with Gasteiger partial charge in [-0.05, 0) is 96.1 Å². The van der Waals surface area contributed by atoms with Crippen LogP contribution in [0.25, 0.3) is 0 Å². The molecule has 0 fully saturated rings. The molecule has 3 aromatic rings. The first-order valence-electron chi connectivity index (χ1n) is 17.7. The van der Waals surface area contributed by atoms with E-state index >= 15 is 0 Å². The summed E-state index contributed by atoms with van der Waals surface area (Å²) in [4.78, 5) is 41.6. The molecular formula is C42H57NO6Si. The van der Waals surface area contributed by atoms with E-state index < -0.39 is 26.1 Å². The lowest BCUT2D eigenvalue weighted by atomic mass is 9.79. The Morgan fingerprint density at radius 2 is 1.40 bits per heavy atom. The highest BCUT2D eigenvalue weighted by Gasteiger charge is 2.49. The Morgan fingerprint density at radius 3 is 1.92 bits per heavy atom. The summed E-state index contributed by atoms with van der Waals surface area (Å²) in [5, 5.41) is 1.67. The quantitative estimate of drug-likeness (QED) is 0.135. The van der Waals surface area contributed by atoms with Crippen molar-refractivity contribution in [2.45, 2.75) is 104 Å². The van der Waals surface area contributed by atoms with Crippen LogP contribution < -0.4 is 19.8 Å². The number of amides is 1. The van der Waals surface area contributed by atoms with E-state index in [1.54, 1.807) is 19.1 Å². The Hall–Kier alpha value is -3.88. The van der Waals surface area contributed by atoms with Crippen molar-refractivity contribution in [2.75, 3.05) is 20.8 Å². The van der Waals surface area contributed by atoms with Gasteiger partial charge in [-0.1, -0.05) is 101 Å². The standard InChI is InChI=1S/C42H57NO6Si/c1-30(29-41(5,6)23-17-24-42(7,8)50(46,32-18-13-11-14-19-32)33-20-15-12-16-21-33)36(44)28-35-34-27-38(48-10)37(47-9)26-31(34)22-25-43(35)39(45)49-40(2,3)4/h11-16,18-21,26-27,35,46H,1,17,22-25,28-29H2,2-10H3/t35-/m1/s1. The van der Waals surface area contributed by atoms with Gasteiger partial charge < -0.3 is 23.9 Å². The smallest absolute Gasteiger partial charge is 0.410 e. The van der Waals surface area contributed by atoms with Gasteiger partial charge in [-0.25, -0.2) is 4.79 Å². The molecule has 7 nitrogen and oxygen atoms in total. The minimum Gasteiger partial charge on any atom is -0.493 e. The third kappa shape index (κ3) is 8.88. The lowest BCUT2D eigenvalue weighted by Crippen LogP contribution is -2.65. The second-order valence-electron chi connectivity index (χ2n) is 16.1. The van der Waals surface area contributed by atoms with Crippen LogP contribution in [0.4, 0.5) is 4.79 Å². The lowest BCUT2D eigenvalue weighted by Gasteiger charge is -2.42. The summed E-state index contributed by atoms with van der Waals surface area (Å²) < 4.78 is 16.9. The van der Waals surface area contributed by atoms with Gasteiger partial charge in [0.05, 0.1) is 20.3 Å². The van der Waals surface area contributed by atoms with Gasteiger partial charge in [-0.2, -0.15) is 0 Å². The fourth-order valence-corrected chi connectivity index (χ4v) is 11.2. The summed E-state index contributed by atoms with van der Waals surface area (Å²) in [6.07, 6.45) is 3.37. The third-order valence-electron chi connectivity index (χ3n) is 10.1.